The summed E-state index contributed by atoms with van der Waals surface area (Å²) >= 11 is 0. The molecule has 0 unspecified atom stereocenters. The highest BCUT2D eigenvalue weighted by Gasteiger charge is 2.21. The molecule has 1 N–H and O–H groups in total. The van der Waals surface area contributed by atoms with Crippen LogP contribution in [0.4, 0.5) is 11.5 Å². The van der Waals surface area contributed by atoms with E-state index in [1.165, 1.54) is 6.92 Å². The minimum absolute atomic E-state index is 0.0601. The van der Waals surface area contributed by atoms with Crippen LogP contribution in [-0.4, -0.2) is 48.0 Å². The van der Waals surface area contributed by atoms with Gasteiger partial charge >= 0.3 is 0 Å². The SMILES string of the molecule is CC(=O)Nc1cccnc1N1CCN(C(C)C)CC1. The van der Waals surface area contributed by atoms with Crippen molar-refractivity contribution in [2.75, 3.05) is 36.4 Å². The summed E-state index contributed by atoms with van der Waals surface area (Å²) in [6.07, 6.45) is 1.77. The molecule has 5 nitrogen and oxygen atoms in total. The third kappa shape index (κ3) is 3.44. The average molecular weight is 262 g/mol. The number of amides is 1. The van der Waals surface area contributed by atoms with E-state index in [0.717, 1.165) is 37.7 Å². The molecule has 0 aliphatic carbocycles. The van der Waals surface area contributed by atoms with Gasteiger partial charge in [0.05, 0.1) is 5.69 Å². The molecule has 1 fully saturated rings. The summed E-state index contributed by atoms with van der Waals surface area (Å²) in [7, 11) is 0. The number of nitrogens with one attached hydrogen (secondary N) is 1. The van der Waals surface area contributed by atoms with Gasteiger partial charge in [0.1, 0.15) is 0 Å². The Balaban J connectivity index is 2.09. The fourth-order valence-electron chi connectivity index (χ4n) is 2.39. The van der Waals surface area contributed by atoms with Gasteiger partial charge < -0.3 is 10.2 Å². The summed E-state index contributed by atoms with van der Waals surface area (Å²) in [4.78, 5) is 20.3. The van der Waals surface area contributed by atoms with Crippen molar-refractivity contribution < 1.29 is 4.79 Å². The monoisotopic (exact) mass is 262 g/mol. The second-order valence-electron chi connectivity index (χ2n) is 5.17. The molecule has 104 valence electrons. The Labute approximate surface area is 114 Å². The van der Waals surface area contributed by atoms with Crippen molar-refractivity contribution in [3.63, 3.8) is 0 Å². The Kier molecular flexibility index (Phi) is 4.37. The van der Waals surface area contributed by atoms with Crippen molar-refractivity contribution in [2.24, 2.45) is 0 Å². The summed E-state index contributed by atoms with van der Waals surface area (Å²) in [5.41, 5.74) is 0.799. The minimum atomic E-state index is -0.0601. The fourth-order valence-corrected chi connectivity index (χ4v) is 2.39. The van der Waals surface area contributed by atoms with Crippen LogP contribution in [0.15, 0.2) is 18.3 Å². The number of carbonyl (C=O) groups is 1. The maximum absolute atomic E-state index is 11.2. The van der Waals surface area contributed by atoms with E-state index in [4.69, 9.17) is 0 Å². The van der Waals surface area contributed by atoms with Crippen LogP contribution < -0.4 is 10.2 Å². The van der Waals surface area contributed by atoms with Gasteiger partial charge in [-0.15, -0.1) is 0 Å². The zero-order chi connectivity index (χ0) is 13.8. The molecular weight excluding hydrogens is 240 g/mol. The first-order chi connectivity index (χ1) is 9.08. The summed E-state index contributed by atoms with van der Waals surface area (Å²) < 4.78 is 0. The third-order valence-electron chi connectivity index (χ3n) is 3.44. The predicted octanol–water partition coefficient (Wildman–Crippen LogP) is 1.57. The van der Waals surface area contributed by atoms with Crippen molar-refractivity contribution in [1.29, 1.82) is 0 Å². The largest absolute Gasteiger partial charge is 0.352 e. The number of pyridine rings is 1. The number of carbonyl (C=O) groups excluding carboxylic acids is 1. The van der Waals surface area contributed by atoms with Gasteiger partial charge in [-0.2, -0.15) is 0 Å². The van der Waals surface area contributed by atoms with Gasteiger partial charge in [0.15, 0.2) is 5.82 Å². The summed E-state index contributed by atoms with van der Waals surface area (Å²) in [5.74, 6) is 0.816. The van der Waals surface area contributed by atoms with Crippen LogP contribution in [0.25, 0.3) is 0 Å². The summed E-state index contributed by atoms with van der Waals surface area (Å²) in [6, 6.07) is 4.33. The van der Waals surface area contributed by atoms with Crippen LogP contribution in [0.2, 0.25) is 0 Å². The third-order valence-corrected chi connectivity index (χ3v) is 3.44. The zero-order valence-electron chi connectivity index (χ0n) is 11.9. The van der Waals surface area contributed by atoms with Crippen LogP contribution in [0.3, 0.4) is 0 Å². The minimum Gasteiger partial charge on any atom is -0.352 e. The molecule has 1 aliphatic rings. The number of anilines is 2. The number of piperazine rings is 1. The van der Waals surface area contributed by atoms with Crippen molar-refractivity contribution in [1.82, 2.24) is 9.88 Å². The van der Waals surface area contributed by atoms with Crippen LogP contribution in [0, 0.1) is 0 Å². The maximum Gasteiger partial charge on any atom is 0.221 e. The van der Waals surface area contributed by atoms with Crippen LogP contribution in [0.1, 0.15) is 20.8 Å². The van der Waals surface area contributed by atoms with Gasteiger partial charge in [0, 0.05) is 45.3 Å². The molecule has 1 aromatic rings. The number of nitrogens with zero attached hydrogens (tertiary/aromatic N) is 3. The molecular formula is C14H22N4O. The van der Waals surface area contributed by atoms with E-state index in [9.17, 15) is 4.79 Å². The molecule has 0 radical (unpaired) electrons. The van der Waals surface area contributed by atoms with Gasteiger partial charge in [-0.05, 0) is 26.0 Å². The lowest BCUT2D eigenvalue weighted by molar-refractivity contribution is -0.114. The molecule has 1 amide bonds. The topological polar surface area (TPSA) is 48.5 Å². The van der Waals surface area contributed by atoms with E-state index >= 15 is 0 Å². The molecule has 0 atom stereocenters. The molecule has 2 heterocycles. The van der Waals surface area contributed by atoms with Gasteiger partial charge in [0.2, 0.25) is 5.91 Å². The van der Waals surface area contributed by atoms with Gasteiger partial charge in [-0.1, -0.05) is 0 Å². The molecule has 1 aliphatic heterocycles. The van der Waals surface area contributed by atoms with Crippen molar-refractivity contribution in [3.8, 4) is 0 Å². The fraction of sp³-hybridized carbons (Fsp3) is 0.571. The summed E-state index contributed by atoms with van der Waals surface area (Å²) in [5, 5.41) is 2.85. The Hall–Kier alpha value is -1.62. The molecule has 2 rings (SSSR count). The first kappa shape index (κ1) is 13.8. The smallest absolute Gasteiger partial charge is 0.221 e. The van der Waals surface area contributed by atoms with Crippen molar-refractivity contribution in [2.45, 2.75) is 26.8 Å². The second-order valence-corrected chi connectivity index (χ2v) is 5.17. The van der Waals surface area contributed by atoms with Gasteiger partial charge in [-0.25, -0.2) is 4.98 Å². The van der Waals surface area contributed by atoms with Crippen molar-refractivity contribution >= 4 is 17.4 Å². The number of aromatic nitrogens is 1. The standard InChI is InChI=1S/C14H22N4O/c1-11(2)17-7-9-18(10-8-17)14-13(16-12(3)19)5-4-6-15-14/h4-6,11H,7-10H2,1-3H3,(H,16,19). The molecule has 0 saturated carbocycles. The van der Waals surface area contributed by atoms with Crippen molar-refractivity contribution in [3.05, 3.63) is 18.3 Å². The number of hydrogen-bond acceptors (Lipinski definition) is 4. The van der Waals surface area contributed by atoms with E-state index < -0.39 is 0 Å². The molecule has 1 aromatic heterocycles. The Morgan fingerprint density at radius 3 is 2.58 bits per heavy atom. The Morgan fingerprint density at radius 1 is 1.32 bits per heavy atom. The van der Waals surface area contributed by atoms with Crippen LogP contribution >= 0.6 is 0 Å². The van der Waals surface area contributed by atoms with Gasteiger partial charge in [-0.3, -0.25) is 9.69 Å². The van der Waals surface area contributed by atoms with Crippen LogP contribution in [-0.2, 0) is 4.79 Å². The molecule has 0 spiro atoms. The molecule has 5 heteroatoms. The van der Waals surface area contributed by atoms with E-state index in [1.54, 1.807) is 6.20 Å². The zero-order valence-corrected chi connectivity index (χ0v) is 11.9. The number of hydrogen-bond donors (Lipinski definition) is 1. The number of rotatable bonds is 3. The molecule has 0 bridgehead atoms. The molecule has 19 heavy (non-hydrogen) atoms. The highest BCUT2D eigenvalue weighted by Crippen LogP contribution is 2.24. The molecule has 0 aromatic carbocycles. The Morgan fingerprint density at radius 2 is 2.00 bits per heavy atom. The normalized spacial score (nSPS) is 16.7. The first-order valence-corrected chi connectivity index (χ1v) is 6.79. The van der Waals surface area contributed by atoms with E-state index in [2.05, 4.69) is 33.9 Å². The lowest BCUT2D eigenvalue weighted by atomic mass is 10.2. The maximum atomic E-state index is 11.2. The molecule has 1 saturated heterocycles. The van der Waals surface area contributed by atoms with E-state index in [0.29, 0.717) is 6.04 Å². The average Bonchev–Trinajstić information content (AvgIpc) is 2.39. The Bertz CT molecular complexity index is 439. The quantitative estimate of drug-likeness (QED) is 0.898. The van der Waals surface area contributed by atoms with Crippen LogP contribution in [0.5, 0.6) is 0 Å². The van der Waals surface area contributed by atoms with Gasteiger partial charge in [0.25, 0.3) is 0 Å². The lowest BCUT2D eigenvalue weighted by Gasteiger charge is -2.38. The van der Waals surface area contributed by atoms with E-state index in [1.807, 2.05) is 12.1 Å². The predicted molar refractivity (Wildman–Crippen MR) is 77.5 cm³/mol. The highest BCUT2D eigenvalue weighted by molar-refractivity contribution is 5.91. The lowest BCUT2D eigenvalue weighted by Crippen LogP contribution is -2.49. The second kappa shape index (κ2) is 6.02. The van der Waals surface area contributed by atoms with E-state index in [-0.39, 0.29) is 5.91 Å². The summed E-state index contributed by atoms with van der Waals surface area (Å²) in [6.45, 7) is 9.93. The first-order valence-electron chi connectivity index (χ1n) is 6.79. The highest BCUT2D eigenvalue weighted by atomic mass is 16.1.